The molecule has 1 unspecified atom stereocenters. The van der Waals surface area contributed by atoms with Gasteiger partial charge in [-0.15, -0.1) is 0 Å². The summed E-state index contributed by atoms with van der Waals surface area (Å²) in [4.78, 5) is 11.1. The van der Waals surface area contributed by atoms with Gasteiger partial charge in [0.25, 0.3) is 0 Å². The van der Waals surface area contributed by atoms with E-state index in [0.29, 0.717) is 6.61 Å². The van der Waals surface area contributed by atoms with Crippen LogP contribution in [0, 0.1) is 0 Å². The molecule has 6 nitrogen and oxygen atoms in total. The number of ether oxygens (including phenoxy) is 2. The topological polar surface area (TPSA) is 51.9 Å². The molecule has 6 heteroatoms. The van der Waals surface area contributed by atoms with E-state index in [1.807, 2.05) is 22.9 Å². The number of nitrogens with zero attached hydrogens (tertiary/aromatic N) is 4. The maximum Gasteiger partial charge on any atom is 0.233 e. The van der Waals surface area contributed by atoms with Gasteiger partial charge in [-0.3, -0.25) is 9.30 Å². The molecular formula is C13H18N4O2. The van der Waals surface area contributed by atoms with Crippen molar-refractivity contribution >= 4 is 5.78 Å². The van der Waals surface area contributed by atoms with Gasteiger partial charge >= 0.3 is 0 Å². The third-order valence-electron chi connectivity index (χ3n) is 3.25. The zero-order valence-corrected chi connectivity index (χ0v) is 11.0. The fourth-order valence-electron chi connectivity index (χ4n) is 2.40. The average molecular weight is 262 g/mol. The molecule has 0 spiro atoms. The van der Waals surface area contributed by atoms with Crippen molar-refractivity contribution in [3.63, 3.8) is 0 Å². The van der Waals surface area contributed by atoms with Crippen LogP contribution in [0.3, 0.4) is 0 Å². The fraction of sp³-hybridized carbons (Fsp3) is 0.538. The molecule has 0 aliphatic carbocycles. The Morgan fingerprint density at radius 1 is 1.53 bits per heavy atom. The molecule has 0 bridgehead atoms. The minimum absolute atomic E-state index is 0.161. The number of methoxy groups -OCH3 is 1. The number of aromatic nitrogens is 3. The van der Waals surface area contributed by atoms with Crippen LogP contribution >= 0.6 is 0 Å². The summed E-state index contributed by atoms with van der Waals surface area (Å²) in [6, 6.07) is 1.90. The normalized spacial score (nSPS) is 21.0. The van der Waals surface area contributed by atoms with Gasteiger partial charge in [-0.1, -0.05) is 0 Å². The molecule has 2 aromatic heterocycles. The predicted molar refractivity (Wildman–Crippen MR) is 69.9 cm³/mol. The molecule has 19 heavy (non-hydrogen) atoms. The minimum Gasteiger partial charge on any atom is -0.382 e. The summed E-state index contributed by atoms with van der Waals surface area (Å²) in [6.45, 7) is 4.03. The van der Waals surface area contributed by atoms with Gasteiger partial charge in [0.05, 0.1) is 25.0 Å². The standard InChI is InChI=1S/C13H18N4O2/c1-18-10-12-9-16(5-6-19-12)7-11-8-17-4-2-3-14-13(17)15-11/h2-4,8,12H,5-7,9-10H2,1H3. The molecule has 0 amide bonds. The summed E-state index contributed by atoms with van der Waals surface area (Å²) in [5, 5.41) is 0. The van der Waals surface area contributed by atoms with E-state index in [1.165, 1.54) is 0 Å². The SMILES string of the molecule is COCC1CN(Cc2cn3cccnc3n2)CCO1. The largest absolute Gasteiger partial charge is 0.382 e. The Morgan fingerprint density at radius 2 is 2.47 bits per heavy atom. The van der Waals surface area contributed by atoms with Gasteiger partial charge in [0, 0.05) is 45.3 Å². The van der Waals surface area contributed by atoms with Crippen LogP contribution in [-0.2, 0) is 16.0 Å². The van der Waals surface area contributed by atoms with E-state index in [-0.39, 0.29) is 6.10 Å². The van der Waals surface area contributed by atoms with Gasteiger partial charge in [-0.2, -0.15) is 0 Å². The van der Waals surface area contributed by atoms with Crippen molar-refractivity contribution in [2.24, 2.45) is 0 Å². The van der Waals surface area contributed by atoms with E-state index in [4.69, 9.17) is 9.47 Å². The van der Waals surface area contributed by atoms with Gasteiger partial charge in [-0.05, 0) is 6.07 Å². The van der Waals surface area contributed by atoms with Crippen molar-refractivity contribution in [1.29, 1.82) is 0 Å². The quantitative estimate of drug-likeness (QED) is 0.806. The molecule has 3 rings (SSSR count). The highest BCUT2D eigenvalue weighted by Crippen LogP contribution is 2.10. The zero-order chi connectivity index (χ0) is 13.1. The van der Waals surface area contributed by atoms with Gasteiger partial charge in [0.1, 0.15) is 0 Å². The third-order valence-corrected chi connectivity index (χ3v) is 3.25. The second-order valence-corrected chi connectivity index (χ2v) is 4.74. The molecular weight excluding hydrogens is 244 g/mol. The van der Waals surface area contributed by atoms with Crippen LogP contribution in [-0.4, -0.2) is 58.8 Å². The first-order valence-corrected chi connectivity index (χ1v) is 6.46. The highest BCUT2D eigenvalue weighted by atomic mass is 16.5. The predicted octanol–water partition coefficient (Wildman–Crippen LogP) is 0.576. The highest BCUT2D eigenvalue weighted by Gasteiger charge is 2.21. The van der Waals surface area contributed by atoms with Gasteiger partial charge in [0.15, 0.2) is 0 Å². The van der Waals surface area contributed by atoms with E-state index in [2.05, 4.69) is 14.9 Å². The maximum absolute atomic E-state index is 5.64. The molecule has 1 saturated heterocycles. The number of fused-ring (bicyclic) bond motifs is 1. The van der Waals surface area contributed by atoms with Crippen molar-refractivity contribution in [3.8, 4) is 0 Å². The summed E-state index contributed by atoms with van der Waals surface area (Å²) in [6.07, 6.45) is 5.92. The molecule has 1 aliphatic heterocycles. The summed E-state index contributed by atoms with van der Waals surface area (Å²) in [7, 11) is 1.70. The van der Waals surface area contributed by atoms with E-state index in [9.17, 15) is 0 Å². The first-order chi connectivity index (χ1) is 9.35. The van der Waals surface area contributed by atoms with Crippen LogP contribution in [0.2, 0.25) is 0 Å². The Labute approximate surface area is 112 Å². The number of imidazole rings is 1. The Kier molecular flexibility index (Phi) is 3.72. The van der Waals surface area contributed by atoms with Gasteiger partial charge in [0.2, 0.25) is 5.78 Å². The Bertz CT molecular complexity index is 507. The van der Waals surface area contributed by atoms with Crippen LogP contribution in [0.5, 0.6) is 0 Å². The van der Waals surface area contributed by atoms with Gasteiger partial charge < -0.3 is 9.47 Å². The van der Waals surface area contributed by atoms with Crippen LogP contribution in [0.25, 0.3) is 5.78 Å². The Balaban J connectivity index is 1.67. The van der Waals surface area contributed by atoms with Crippen molar-refractivity contribution in [2.45, 2.75) is 12.6 Å². The van der Waals surface area contributed by atoms with Crippen molar-refractivity contribution in [1.82, 2.24) is 19.3 Å². The Morgan fingerprint density at radius 3 is 3.32 bits per heavy atom. The lowest BCUT2D eigenvalue weighted by molar-refractivity contribution is -0.0633. The fourth-order valence-corrected chi connectivity index (χ4v) is 2.40. The Hall–Kier alpha value is -1.50. The van der Waals surface area contributed by atoms with Crippen LogP contribution in [0.1, 0.15) is 5.69 Å². The highest BCUT2D eigenvalue weighted by molar-refractivity contribution is 5.29. The molecule has 3 heterocycles. The minimum atomic E-state index is 0.161. The number of hydrogen-bond acceptors (Lipinski definition) is 5. The van der Waals surface area contributed by atoms with Crippen LogP contribution < -0.4 is 0 Å². The van der Waals surface area contributed by atoms with E-state index in [1.54, 1.807) is 13.3 Å². The monoisotopic (exact) mass is 262 g/mol. The van der Waals surface area contributed by atoms with E-state index < -0.39 is 0 Å². The van der Waals surface area contributed by atoms with Crippen LogP contribution in [0.15, 0.2) is 24.7 Å². The third kappa shape index (κ3) is 2.91. The smallest absolute Gasteiger partial charge is 0.233 e. The summed E-state index contributed by atoms with van der Waals surface area (Å²) >= 11 is 0. The molecule has 1 fully saturated rings. The molecule has 0 radical (unpaired) electrons. The molecule has 2 aromatic rings. The number of hydrogen-bond donors (Lipinski definition) is 0. The van der Waals surface area contributed by atoms with Crippen LogP contribution in [0.4, 0.5) is 0 Å². The summed E-state index contributed by atoms with van der Waals surface area (Å²) in [5.41, 5.74) is 1.04. The van der Waals surface area contributed by atoms with Crippen molar-refractivity contribution in [2.75, 3.05) is 33.4 Å². The molecule has 1 atom stereocenters. The summed E-state index contributed by atoms with van der Waals surface area (Å²) in [5.74, 6) is 0.749. The zero-order valence-electron chi connectivity index (χ0n) is 11.0. The molecule has 0 aromatic carbocycles. The lowest BCUT2D eigenvalue weighted by Crippen LogP contribution is -2.43. The van der Waals surface area contributed by atoms with E-state index >= 15 is 0 Å². The summed E-state index contributed by atoms with van der Waals surface area (Å²) < 4.78 is 12.7. The lowest BCUT2D eigenvalue weighted by Gasteiger charge is -2.31. The van der Waals surface area contributed by atoms with E-state index in [0.717, 1.165) is 37.7 Å². The van der Waals surface area contributed by atoms with Gasteiger partial charge in [-0.25, -0.2) is 9.97 Å². The first-order valence-electron chi connectivity index (χ1n) is 6.46. The second kappa shape index (κ2) is 5.64. The second-order valence-electron chi connectivity index (χ2n) is 4.74. The molecule has 102 valence electrons. The molecule has 1 aliphatic rings. The first kappa shape index (κ1) is 12.5. The molecule has 0 N–H and O–H groups in total. The number of rotatable bonds is 4. The van der Waals surface area contributed by atoms with Crippen molar-refractivity contribution in [3.05, 3.63) is 30.4 Å². The number of morpholine rings is 1. The van der Waals surface area contributed by atoms with Crippen molar-refractivity contribution < 1.29 is 9.47 Å². The lowest BCUT2D eigenvalue weighted by atomic mass is 10.2. The maximum atomic E-state index is 5.64. The average Bonchev–Trinajstić information content (AvgIpc) is 2.81. The molecule has 0 saturated carbocycles.